The number of aliphatic hydroxyl groups is 1. The van der Waals surface area contributed by atoms with Crippen LogP contribution < -0.4 is 0 Å². The van der Waals surface area contributed by atoms with Crippen molar-refractivity contribution in [1.29, 1.82) is 0 Å². The molecule has 0 aromatic carbocycles. The van der Waals surface area contributed by atoms with Crippen LogP contribution in [-0.2, 0) is 13.0 Å². The minimum absolute atomic E-state index is 0.210. The second-order valence-corrected chi connectivity index (χ2v) is 6.54. The summed E-state index contributed by atoms with van der Waals surface area (Å²) in [5.74, 6) is 0.997. The van der Waals surface area contributed by atoms with Gasteiger partial charge in [-0.25, -0.2) is 0 Å². The summed E-state index contributed by atoms with van der Waals surface area (Å²) in [6, 6.07) is 2.22. The summed E-state index contributed by atoms with van der Waals surface area (Å²) in [7, 11) is 0. The number of aromatic nitrogens is 1. The summed E-state index contributed by atoms with van der Waals surface area (Å²) in [5, 5.41) is 10.1. The molecule has 1 fully saturated rings. The zero-order valence-electron chi connectivity index (χ0n) is 12.2. The molecule has 1 N–H and O–H groups in total. The van der Waals surface area contributed by atoms with Gasteiger partial charge in [0.15, 0.2) is 0 Å². The zero-order chi connectivity index (χ0) is 13.2. The Bertz CT molecular complexity index is 429. The second kappa shape index (κ2) is 5.70. The third-order valence-electron chi connectivity index (χ3n) is 5.17. The molecule has 0 aliphatic heterocycles. The molecule has 0 bridgehead atoms. The predicted octanol–water partition coefficient (Wildman–Crippen LogP) is 4.14. The lowest BCUT2D eigenvalue weighted by Gasteiger charge is -2.21. The van der Waals surface area contributed by atoms with Crippen molar-refractivity contribution in [1.82, 2.24) is 4.57 Å². The number of fused-ring (bicyclic) bond motifs is 1. The van der Waals surface area contributed by atoms with Crippen molar-refractivity contribution in [2.45, 2.75) is 77.4 Å². The smallest absolute Gasteiger partial charge is 0.0807 e. The standard InChI is InChI=1S/C17H27NO/c1-13-12-15-16(9-4-10-17(15)19)18(13)11-5-8-14-6-2-3-7-14/h12,14,17,19H,2-11H2,1H3. The van der Waals surface area contributed by atoms with Crippen molar-refractivity contribution in [3.63, 3.8) is 0 Å². The van der Waals surface area contributed by atoms with Gasteiger partial charge in [-0.3, -0.25) is 0 Å². The highest BCUT2D eigenvalue weighted by Gasteiger charge is 2.23. The van der Waals surface area contributed by atoms with Gasteiger partial charge in [0.1, 0.15) is 0 Å². The van der Waals surface area contributed by atoms with Crippen LogP contribution in [0.25, 0.3) is 0 Å². The fourth-order valence-corrected chi connectivity index (χ4v) is 4.09. The Hall–Kier alpha value is -0.760. The van der Waals surface area contributed by atoms with Crippen LogP contribution in [0.15, 0.2) is 6.07 Å². The first-order valence-corrected chi connectivity index (χ1v) is 8.12. The molecule has 1 aromatic heterocycles. The first kappa shape index (κ1) is 13.2. The van der Waals surface area contributed by atoms with Crippen LogP contribution in [0, 0.1) is 12.8 Å². The van der Waals surface area contributed by atoms with E-state index >= 15 is 0 Å². The molecule has 1 saturated carbocycles. The van der Waals surface area contributed by atoms with E-state index in [1.165, 1.54) is 55.5 Å². The van der Waals surface area contributed by atoms with Gasteiger partial charge in [0.05, 0.1) is 6.10 Å². The molecular weight excluding hydrogens is 234 g/mol. The molecule has 0 saturated heterocycles. The lowest BCUT2D eigenvalue weighted by Crippen LogP contribution is -2.13. The summed E-state index contributed by atoms with van der Waals surface area (Å²) >= 11 is 0. The summed E-state index contributed by atoms with van der Waals surface area (Å²) < 4.78 is 2.48. The topological polar surface area (TPSA) is 25.2 Å². The van der Waals surface area contributed by atoms with Gasteiger partial charge in [-0.2, -0.15) is 0 Å². The molecule has 0 amide bonds. The van der Waals surface area contributed by atoms with Gasteiger partial charge in [-0.05, 0) is 51.0 Å². The molecule has 106 valence electrons. The molecule has 3 rings (SSSR count). The lowest BCUT2D eigenvalue weighted by molar-refractivity contribution is 0.155. The Morgan fingerprint density at radius 2 is 2.00 bits per heavy atom. The van der Waals surface area contributed by atoms with Crippen molar-refractivity contribution in [2.24, 2.45) is 5.92 Å². The average molecular weight is 261 g/mol. The third kappa shape index (κ3) is 2.74. The fourth-order valence-electron chi connectivity index (χ4n) is 4.09. The third-order valence-corrected chi connectivity index (χ3v) is 5.17. The van der Waals surface area contributed by atoms with Crippen molar-refractivity contribution in [3.05, 3.63) is 23.0 Å². The van der Waals surface area contributed by atoms with Crippen molar-refractivity contribution in [2.75, 3.05) is 0 Å². The van der Waals surface area contributed by atoms with Crippen LogP contribution >= 0.6 is 0 Å². The molecule has 0 spiro atoms. The lowest BCUT2D eigenvalue weighted by atomic mass is 9.95. The zero-order valence-corrected chi connectivity index (χ0v) is 12.2. The van der Waals surface area contributed by atoms with E-state index in [0.717, 1.165) is 31.7 Å². The molecule has 1 atom stereocenters. The van der Waals surface area contributed by atoms with E-state index in [1.807, 2.05) is 0 Å². The number of aliphatic hydroxyl groups excluding tert-OH is 1. The number of aryl methyl sites for hydroxylation is 1. The van der Waals surface area contributed by atoms with Gasteiger partial charge in [0.2, 0.25) is 0 Å². The first-order valence-electron chi connectivity index (χ1n) is 8.12. The average Bonchev–Trinajstić information content (AvgIpc) is 3.00. The molecule has 2 aliphatic rings. The van der Waals surface area contributed by atoms with E-state index in [0.29, 0.717) is 0 Å². The molecule has 19 heavy (non-hydrogen) atoms. The van der Waals surface area contributed by atoms with Gasteiger partial charge >= 0.3 is 0 Å². The predicted molar refractivity (Wildman–Crippen MR) is 78.3 cm³/mol. The maximum atomic E-state index is 10.1. The number of hydrogen-bond donors (Lipinski definition) is 1. The van der Waals surface area contributed by atoms with Crippen molar-refractivity contribution < 1.29 is 5.11 Å². The highest BCUT2D eigenvalue weighted by molar-refractivity contribution is 5.31. The molecule has 1 aromatic rings. The Morgan fingerprint density at radius 1 is 1.21 bits per heavy atom. The molecule has 2 aliphatic carbocycles. The van der Waals surface area contributed by atoms with Crippen LogP contribution in [-0.4, -0.2) is 9.67 Å². The Kier molecular flexibility index (Phi) is 3.97. The molecule has 0 radical (unpaired) electrons. The number of nitrogens with zero attached hydrogens (tertiary/aromatic N) is 1. The van der Waals surface area contributed by atoms with E-state index < -0.39 is 0 Å². The molecule has 2 nitrogen and oxygen atoms in total. The fraction of sp³-hybridized carbons (Fsp3) is 0.765. The summed E-state index contributed by atoms with van der Waals surface area (Å²) in [6.45, 7) is 3.35. The van der Waals surface area contributed by atoms with Crippen LogP contribution in [0.4, 0.5) is 0 Å². The summed E-state index contributed by atoms with van der Waals surface area (Å²) in [4.78, 5) is 0. The second-order valence-electron chi connectivity index (χ2n) is 6.54. The maximum absolute atomic E-state index is 10.1. The van der Waals surface area contributed by atoms with Gasteiger partial charge in [0.25, 0.3) is 0 Å². The maximum Gasteiger partial charge on any atom is 0.0807 e. The highest BCUT2D eigenvalue weighted by Crippen LogP contribution is 2.33. The molecular formula is C17H27NO. The number of hydrogen-bond acceptors (Lipinski definition) is 1. The minimum Gasteiger partial charge on any atom is -0.388 e. The Morgan fingerprint density at radius 3 is 2.79 bits per heavy atom. The first-order chi connectivity index (χ1) is 9.25. The van der Waals surface area contributed by atoms with E-state index in [-0.39, 0.29) is 6.10 Å². The SMILES string of the molecule is Cc1cc2c(n1CCCC1CCCC1)CCCC2O. The largest absolute Gasteiger partial charge is 0.388 e. The van der Waals surface area contributed by atoms with E-state index in [9.17, 15) is 5.11 Å². The monoisotopic (exact) mass is 261 g/mol. The van der Waals surface area contributed by atoms with Crippen LogP contribution in [0.3, 0.4) is 0 Å². The normalized spacial score (nSPS) is 23.8. The van der Waals surface area contributed by atoms with Crippen molar-refractivity contribution in [3.8, 4) is 0 Å². The molecule has 1 heterocycles. The summed E-state index contributed by atoms with van der Waals surface area (Å²) in [5.41, 5.74) is 3.98. The highest BCUT2D eigenvalue weighted by atomic mass is 16.3. The van der Waals surface area contributed by atoms with Gasteiger partial charge in [0, 0.05) is 23.5 Å². The van der Waals surface area contributed by atoms with Crippen LogP contribution in [0.5, 0.6) is 0 Å². The van der Waals surface area contributed by atoms with E-state index in [1.54, 1.807) is 0 Å². The quantitative estimate of drug-likeness (QED) is 0.866. The van der Waals surface area contributed by atoms with Gasteiger partial charge < -0.3 is 9.67 Å². The van der Waals surface area contributed by atoms with E-state index in [4.69, 9.17) is 0 Å². The summed E-state index contributed by atoms with van der Waals surface area (Å²) in [6.07, 6.45) is 11.6. The van der Waals surface area contributed by atoms with E-state index in [2.05, 4.69) is 17.6 Å². The number of rotatable bonds is 4. The Balaban J connectivity index is 1.63. The van der Waals surface area contributed by atoms with Gasteiger partial charge in [-0.1, -0.05) is 25.7 Å². The Labute approximate surface area is 116 Å². The van der Waals surface area contributed by atoms with Crippen LogP contribution in [0.1, 0.15) is 74.4 Å². The molecule has 1 unspecified atom stereocenters. The van der Waals surface area contributed by atoms with Gasteiger partial charge in [-0.15, -0.1) is 0 Å². The van der Waals surface area contributed by atoms with Crippen molar-refractivity contribution >= 4 is 0 Å². The van der Waals surface area contributed by atoms with Crippen LogP contribution in [0.2, 0.25) is 0 Å². The molecule has 2 heteroatoms. The minimum atomic E-state index is -0.210.